The normalized spacial score (nSPS) is 10.2. The molecule has 0 aromatic heterocycles. The third kappa shape index (κ3) is 5.12. The van der Waals surface area contributed by atoms with Gasteiger partial charge in [0.1, 0.15) is 0 Å². The van der Waals surface area contributed by atoms with Gasteiger partial charge in [0.25, 0.3) is 0 Å². The number of benzene rings is 1. The maximum atomic E-state index is 5.18. The minimum absolute atomic E-state index is 0.610. The van der Waals surface area contributed by atoms with Gasteiger partial charge in [0, 0.05) is 13.1 Å². The molecule has 2 N–H and O–H groups in total. The van der Waals surface area contributed by atoms with E-state index in [9.17, 15) is 0 Å². The van der Waals surface area contributed by atoms with E-state index in [0.29, 0.717) is 5.92 Å². The lowest BCUT2D eigenvalue weighted by Crippen LogP contribution is -2.36. The molecule has 0 saturated heterocycles. The first kappa shape index (κ1) is 13.0. The molecule has 0 fully saturated rings. The van der Waals surface area contributed by atoms with Gasteiger partial charge >= 0.3 is 0 Å². The Kier molecular flexibility index (Phi) is 5.26. The van der Waals surface area contributed by atoms with Crippen molar-refractivity contribution in [2.75, 3.05) is 6.54 Å². The number of nitrogens with one attached hydrogen (secondary N) is 2. The number of hydrogen-bond donors (Lipinski definition) is 2. The Labute approximate surface area is 103 Å². The van der Waals surface area contributed by atoms with E-state index in [0.717, 1.165) is 18.2 Å². The zero-order valence-electron chi connectivity index (χ0n) is 10.2. The van der Waals surface area contributed by atoms with Gasteiger partial charge in [-0.1, -0.05) is 43.7 Å². The van der Waals surface area contributed by atoms with Crippen LogP contribution in [0.25, 0.3) is 0 Å². The predicted octanol–water partition coefficient (Wildman–Crippen LogP) is 2.62. The van der Waals surface area contributed by atoms with Crippen LogP contribution in [-0.2, 0) is 6.54 Å². The summed E-state index contributed by atoms with van der Waals surface area (Å²) in [6, 6.07) is 8.43. The van der Waals surface area contributed by atoms with Crippen molar-refractivity contribution in [3.05, 3.63) is 35.4 Å². The van der Waals surface area contributed by atoms with Gasteiger partial charge in [-0.05, 0) is 30.6 Å². The molecular weight excluding hydrogens is 216 g/mol. The third-order valence-electron chi connectivity index (χ3n) is 2.21. The van der Waals surface area contributed by atoms with Crippen LogP contribution in [0.15, 0.2) is 24.3 Å². The standard InChI is InChI=1S/C13H20N2S/c1-10(2)8-14-13(16)15-9-12-6-4-5-11(3)7-12/h4-7,10H,8-9H2,1-3H3,(H2,14,15,16). The van der Waals surface area contributed by atoms with Crippen molar-refractivity contribution in [1.29, 1.82) is 0 Å². The predicted molar refractivity (Wildman–Crippen MR) is 73.5 cm³/mol. The summed E-state index contributed by atoms with van der Waals surface area (Å²) in [5.41, 5.74) is 2.54. The van der Waals surface area contributed by atoms with Gasteiger partial charge < -0.3 is 10.6 Å². The molecule has 1 rings (SSSR count). The van der Waals surface area contributed by atoms with Crippen LogP contribution in [0.4, 0.5) is 0 Å². The Bertz CT molecular complexity index is 348. The lowest BCUT2D eigenvalue weighted by Gasteiger charge is -2.12. The fourth-order valence-corrected chi connectivity index (χ4v) is 1.52. The van der Waals surface area contributed by atoms with E-state index >= 15 is 0 Å². The largest absolute Gasteiger partial charge is 0.362 e. The zero-order chi connectivity index (χ0) is 12.0. The minimum atomic E-state index is 0.610. The van der Waals surface area contributed by atoms with Crippen molar-refractivity contribution in [2.24, 2.45) is 5.92 Å². The van der Waals surface area contributed by atoms with E-state index in [1.54, 1.807) is 0 Å². The van der Waals surface area contributed by atoms with E-state index in [2.05, 4.69) is 55.7 Å². The maximum absolute atomic E-state index is 5.18. The molecule has 0 saturated carbocycles. The zero-order valence-corrected chi connectivity index (χ0v) is 11.0. The molecule has 0 radical (unpaired) electrons. The van der Waals surface area contributed by atoms with Crippen LogP contribution < -0.4 is 10.6 Å². The second kappa shape index (κ2) is 6.48. The highest BCUT2D eigenvalue weighted by molar-refractivity contribution is 7.80. The molecule has 2 nitrogen and oxygen atoms in total. The van der Waals surface area contributed by atoms with Crippen LogP contribution in [0, 0.1) is 12.8 Å². The summed E-state index contributed by atoms with van der Waals surface area (Å²) in [4.78, 5) is 0. The van der Waals surface area contributed by atoms with E-state index in [1.165, 1.54) is 11.1 Å². The summed E-state index contributed by atoms with van der Waals surface area (Å²) < 4.78 is 0. The lowest BCUT2D eigenvalue weighted by molar-refractivity contribution is 0.619. The molecule has 0 bridgehead atoms. The Morgan fingerprint density at radius 3 is 2.69 bits per heavy atom. The molecule has 3 heteroatoms. The maximum Gasteiger partial charge on any atom is 0.166 e. The second-order valence-corrected chi connectivity index (χ2v) is 4.85. The van der Waals surface area contributed by atoms with Crippen molar-refractivity contribution >= 4 is 17.3 Å². The van der Waals surface area contributed by atoms with Gasteiger partial charge in [0.2, 0.25) is 0 Å². The molecule has 0 aliphatic carbocycles. The highest BCUT2D eigenvalue weighted by Gasteiger charge is 1.98. The van der Waals surface area contributed by atoms with Crippen molar-refractivity contribution < 1.29 is 0 Å². The molecule has 1 aromatic rings. The van der Waals surface area contributed by atoms with Crippen LogP contribution in [-0.4, -0.2) is 11.7 Å². The summed E-state index contributed by atoms with van der Waals surface area (Å²) in [6.45, 7) is 8.12. The molecule has 0 atom stereocenters. The Balaban J connectivity index is 2.31. The lowest BCUT2D eigenvalue weighted by atomic mass is 10.1. The molecular formula is C13H20N2S. The number of thiocarbonyl (C=S) groups is 1. The smallest absolute Gasteiger partial charge is 0.166 e. The molecule has 0 aliphatic rings. The van der Waals surface area contributed by atoms with E-state index in [1.807, 2.05) is 0 Å². The van der Waals surface area contributed by atoms with Gasteiger partial charge in [-0.25, -0.2) is 0 Å². The Morgan fingerprint density at radius 2 is 2.06 bits per heavy atom. The van der Waals surface area contributed by atoms with Gasteiger partial charge in [0.15, 0.2) is 5.11 Å². The highest BCUT2D eigenvalue weighted by atomic mass is 32.1. The molecule has 88 valence electrons. The fourth-order valence-electron chi connectivity index (χ4n) is 1.36. The van der Waals surface area contributed by atoms with Crippen molar-refractivity contribution in [3.63, 3.8) is 0 Å². The second-order valence-electron chi connectivity index (χ2n) is 4.45. The SMILES string of the molecule is Cc1cccc(CNC(=S)NCC(C)C)c1. The molecule has 0 spiro atoms. The van der Waals surface area contributed by atoms with Gasteiger partial charge in [-0.2, -0.15) is 0 Å². The number of rotatable bonds is 4. The van der Waals surface area contributed by atoms with Gasteiger partial charge in [-0.3, -0.25) is 0 Å². The quantitative estimate of drug-likeness (QED) is 0.786. The highest BCUT2D eigenvalue weighted by Crippen LogP contribution is 2.02. The monoisotopic (exact) mass is 236 g/mol. The first-order valence-electron chi connectivity index (χ1n) is 5.65. The average Bonchev–Trinajstić information content (AvgIpc) is 2.23. The van der Waals surface area contributed by atoms with Crippen molar-refractivity contribution in [3.8, 4) is 0 Å². The molecule has 0 unspecified atom stereocenters. The minimum Gasteiger partial charge on any atom is -0.362 e. The number of hydrogen-bond acceptors (Lipinski definition) is 1. The fraction of sp³-hybridized carbons (Fsp3) is 0.462. The number of aryl methyl sites for hydroxylation is 1. The van der Waals surface area contributed by atoms with E-state index in [-0.39, 0.29) is 0 Å². The summed E-state index contributed by atoms with van der Waals surface area (Å²) >= 11 is 5.18. The van der Waals surface area contributed by atoms with Gasteiger partial charge in [-0.15, -0.1) is 0 Å². The van der Waals surface area contributed by atoms with Gasteiger partial charge in [0.05, 0.1) is 0 Å². The Hall–Kier alpha value is -1.09. The topological polar surface area (TPSA) is 24.1 Å². The summed E-state index contributed by atoms with van der Waals surface area (Å²) in [6.07, 6.45) is 0. The summed E-state index contributed by atoms with van der Waals surface area (Å²) in [5, 5.41) is 7.12. The molecule has 0 heterocycles. The molecule has 0 aliphatic heterocycles. The third-order valence-corrected chi connectivity index (χ3v) is 2.50. The Morgan fingerprint density at radius 1 is 1.31 bits per heavy atom. The van der Waals surface area contributed by atoms with Crippen molar-refractivity contribution in [1.82, 2.24) is 10.6 Å². The molecule has 16 heavy (non-hydrogen) atoms. The van der Waals surface area contributed by atoms with Crippen LogP contribution in [0.1, 0.15) is 25.0 Å². The first-order chi connectivity index (χ1) is 7.58. The molecule has 0 amide bonds. The summed E-state index contributed by atoms with van der Waals surface area (Å²) in [7, 11) is 0. The van der Waals surface area contributed by atoms with Crippen LogP contribution in [0.2, 0.25) is 0 Å². The van der Waals surface area contributed by atoms with E-state index < -0.39 is 0 Å². The summed E-state index contributed by atoms with van der Waals surface area (Å²) in [5.74, 6) is 0.610. The van der Waals surface area contributed by atoms with Crippen molar-refractivity contribution in [2.45, 2.75) is 27.3 Å². The average molecular weight is 236 g/mol. The van der Waals surface area contributed by atoms with Crippen LogP contribution >= 0.6 is 12.2 Å². The van der Waals surface area contributed by atoms with Crippen LogP contribution in [0.5, 0.6) is 0 Å². The molecule has 1 aromatic carbocycles. The first-order valence-corrected chi connectivity index (χ1v) is 6.06. The van der Waals surface area contributed by atoms with Crippen LogP contribution in [0.3, 0.4) is 0 Å². The van der Waals surface area contributed by atoms with E-state index in [4.69, 9.17) is 12.2 Å².